The summed E-state index contributed by atoms with van der Waals surface area (Å²) < 4.78 is 9.17. The predicted octanol–water partition coefficient (Wildman–Crippen LogP) is 2.07. The summed E-state index contributed by atoms with van der Waals surface area (Å²) in [5, 5.41) is -0.532. The lowest BCUT2D eigenvalue weighted by Crippen LogP contribution is -2.42. The number of thioether (sulfide) groups is 1. The second-order valence-corrected chi connectivity index (χ2v) is 5.86. The summed E-state index contributed by atoms with van der Waals surface area (Å²) in [6.07, 6.45) is 1.52. The van der Waals surface area contributed by atoms with E-state index in [1.807, 2.05) is 0 Å². The Balaban J connectivity index is 2.22. The Bertz CT molecular complexity index is 725. The molecular weight excluding hydrogens is 334 g/mol. The van der Waals surface area contributed by atoms with Crippen molar-refractivity contribution in [2.45, 2.75) is 13.0 Å². The van der Waals surface area contributed by atoms with E-state index in [0.717, 1.165) is 16.7 Å². The maximum atomic E-state index is 12.3. The van der Waals surface area contributed by atoms with Crippen molar-refractivity contribution in [3.05, 3.63) is 40.3 Å². The maximum absolute atomic E-state index is 12.3. The van der Waals surface area contributed by atoms with Gasteiger partial charge in [0.2, 0.25) is 0 Å². The van der Waals surface area contributed by atoms with E-state index in [2.05, 4.69) is 9.47 Å². The third-order valence-corrected chi connectivity index (χ3v) is 4.27. The van der Waals surface area contributed by atoms with E-state index in [1.54, 1.807) is 24.3 Å². The van der Waals surface area contributed by atoms with Crippen LogP contribution in [0, 0.1) is 0 Å². The van der Waals surface area contributed by atoms with Crippen molar-refractivity contribution >= 4 is 40.9 Å². The van der Waals surface area contributed by atoms with E-state index in [-0.39, 0.29) is 4.91 Å². The third-order valence-electron chi connectivity index (χ3n) is 3.38. The standard InChI is InChI=1S/C16H15NO6S/c1-9(14(19)22-2)17-13(18)12(24-16(17)21)8-10-4-6-11(7-5-10)15(20)23-3/h4-9H,1-3H3/b12-8+/t9-/m0/s1. The van der Waals surface area contributed by atoms with E-state index in [4.69, 9.17) is 0 Å². The first kappa shape index (κ1) is 17.7. The monoisotopic (exact) mass is 349 g/mol. The van der Waals surface area contributed by atoms with Crippen LogP contribution in [-0.2, 0) is 19.1 Å². The van der Waals surface area contributed by atoms with Crippen molar-refractivity contribution < 1.29 is 28.7 Å². The summed E-state index contributed by atoms with van der Waals surface area (Å²) >= 11 is 0.747. The normalized spacial score (nSPS) is 17.1. The van der Waals surface area contributed by atoms with Crippen molar-refractivity contribution in [3.8, 4) is 0 Å². The van der Waals surface area contributed by atoms with E-state index in [1.165, 1.54) is 27.2 Å². The highest BCUT2D eigenvalue weighted by atomic mass is 32.2. The van der Waals surface area contributed by atoms with Gasteiger partial charge in [0.05, 0.1) is 24.7 Å². The number of methoxy groups -OCH3 is 2. The molecule has 0 aliphatic carbocycles. The number of carbonyl (C=O) groups excluding carboxylic acids is 4. The zero-order chi connectivity index (χ0) is 17.9. The lowest BCUT2D eigenvalue weighted by atomic mass is 10.1. The molecule has 0 spiro atoms. The minimum atomic E-state index is -0.991. The first-order valence-electron chi connectivity index (χ1n) is 6.92. The highest BCUT2D eigenvalue weighted by Crippen LogP contribution is 2.33. The van der Waals surface area contributed by atoms with Gasteiger partial charge < -0.3 is 9.47 Å². The molecule has 8 heteroatoms. The molecule has 0 radical (unpaired) electrons. The third kappa shape index (κ3) is 3.48. The van der Waals surface area contributed by atoms with Gasteiger partial charge in [0, 0.05) is 0 Å². The summed E-state index contributed by atoms with van der Waals surface area (Å²) in [6, 6.07) is 5.38. The maximum Gasteiger partial charge on any atom is 0.337 e. The van der Waals surface area contributed by atoms with Gasteiger partial charge in [-0.2, -0.15) is 0 Å². The molecule has 0 N–H and O–H groups in total. The molecule has 0 aromatic heterocycles. The Morgan fingerprint density at radius 1 is 1.12 bits per heavy atom. The average molecular weight is 349 g/mol. The fraction of sp³-hybridized carbons (Fsp3) is 0.250. The van der Waals surface area contributed by atoms with Crippen molar-refractivity contribution in [1.82, 2.24) is 4.90 Å². The molecular formula is C16H15NO6S. The molecule has 1 aliphatic heterocycles. The molecule has 1 saturated heterocycles. The van der Waals surface area contributed by atoms with Gasteiger partial charge in [-0.3, -0.25) is 14.5 Å². The molecule has 0 unspecified atom stereocenters. The minimum absolute atomic E-state index is 0.196. The van der Waals surface area contributed by atoms with Crippen LogP contribution in [0.15, 0.2) is 29.2 Å². The number of hydrogen-bond acceptors (Lipinski definition) is 7. The first-order chi connectivity index (χ1) is 11.4. The highest BCUT2D eigenvalue weighted by Gasteiger charge is 2.41. The quantitative estimate of drug-likeness (QED) is 0.607. The SMILES string of the molecule is COC(=O)c1ccc(/C=C2/SC(=O)N([C@@H](C)C(=O)OC)C2=O)cc1. The molecule has 2 amide bonds. The Morgan fingerprint density at radius 3 is 2.29 bits per heavy atom. The minimum Gasteiger partial charge on any atom is -0.467 e. The zero-order valence-electron chi connectivity index (χ0n) is 13.3. The summed E-state index contributed by atoms with van der Waals surface area (Å²) in [5.41, 5.74) is 1.01. The van der Waals surface area contributed by atoms with Gasteiger partial charge >= 0.3 is 11.9 Å². The summed E-state index contributed by atoms with van der Waals surface area (Å²) in [4.78, 5) is 48.3. The number of carbonyl (C=O) groups is 4. The second-order valence-electron chi connectivity index (χ2n) is 4.86. The van der Waals surface area contributed by atoms with Gasteiger partial charge in [-0.05, 0) is 42.5 Å². The molecule has 1 aromatic carbocycles. The average Bonchev–Trinajstić information content (AvgIpc) is 2.87. The van der Waals surface area contributed by atoms with Crippen molar-refractivity contribution in [2.24, 2.45) is 0 Å². The van der Waals surface area contributed by atoms with Gasteiger partial charge in [-0.25, -0.2) is 9.59 Å². The predicted molar refractivity (Wildman–Crippen MR) is 87.1 cm³/mol. The Labute approximate surface area is 142 Å². The molecule has 1 aliphatic rings. The van der Waals surface area contributed by atoms with E-state index in [9.17, 15) is 19.2 Å². The van der Waals surface area contributed by atoms with Crippen LogP contribution in [0.1, 0.15) is 22.8 Å². The number of rotatable bonds is 4. The molecule has 24 heavy (non-hydrogen) atoms. The van der Waals surface area contributed by atoms with Gasteiger partial charge in [0.15, 0.2) is 0 Å². The van der Waals surface area contributed by atoms with Gasteiger partial charge in [0.1, 0.15) is 6.04 Å². The number of benzene rings is 1. The molecule has 2 rings (SSSR count). The van der Waals surface area contributed by atoms with Crippen LogP contribution >= 0.6 is 11.8 Å². The van der Waals surface area contributed by atoms with Crippen LogP contribution < -0.4 is 0 Å². The van der Waals surface area contributed by atoms with Gasteiger partial charge in [-0.15, -0.1) is 0 Å². The van der Waals surface area contributed by atoms with Crippen LogP contribution in [0.3, 0.4) is 0 Å². The molecule has 1 atom stereocenters. The fourth-order valence-corrected chi connectivity index (χ4v) is 2.98. The number of esters is 2. The van der Waals surface area contributed by atoms with Gasteiger partial charge in [-0.1, -0.05) is 12.1 Å². The molecule has 0 saturated carbocycles. The van der Waals surface area contributed by atoms with Crippen molar-refractivity contribution in [1.29, 1.82) is 0 Å². The molecule has 1 aromatic rings. The van der Waals surface area contributed by atoms with Crippen LogP contribution in [0.25, 0.3) is 6.08 Å². The smallest absolute Gasteiger partial charge is 0.337 e. The molecule has 7 nitrogen and oxygen atoms in total. The Kier molecular flexibility index (Phi) is 5.40. The lowest BCUT2D eigenvalue weighted by Gasteiger charge is -2.18. The largest absolute Gasteiger partial charge is 0.467 e. The number of amides is 2. The lowest BCUT2D eigenvalue weighted by molar-refractivity contribution is -0.148. The molecule has 126 valence electrons. The van der Waals surface area contributed by atoms with Crippen molar-refractivity contribution in [2.75, 3.05) is 14.2 Å². The highest BCUT2D eigenvalue weighted by molar-refractivity contribution is 8.18. The number of nitrogens with zero attached hydrogens (tertiary/aromatic N) is 1. The first-order valence-corrected chi connectivity index (χ1v) is 7.74. The van der Waals surface area contributed by atoms with Crippen LogP contribution in [0.5, 0.6) is 0 Å². The van der Waals surface area contributed by atoms with E-state index >= 15 is 0 Å². The van der Waals surface area contributed by atoms with E-state index < -0.39 is 29.1 Å². The summed E-state index contributed by atoms with van der Waals surface area (Å²) in [5.74, 6) is -1.69. The fourth-order valence-electron chi connectivity index (χ4n) is 2.07. The molecule has 1 heterocycles. The van der Waals surface area contributed by atoms with E-state index in [0.29, 0.717) is 11.1 Å². The zero-order valence-corrected chi connectivity index (χ0v) is 14.1. The molecule has 0 bridgehead atoms. The van der Waals surface area contributed by atoms with Crippen molar-refractivity contribution in [3.63, 3.8) is 0 Å². The summed E-state index contributed by atoms with van der Waals surface area (Å²) in [7, 11) is 2.48. The Hall–Kier alpha value is -2.61. The number of ether oxygens (including phenoxy) is 2. The van der Waals surface area contributed by atoms with Crippen LogP contribution in [0.4, 0.5) is 4.79 Å². The van der Waals surface area contributed by atoms with Crippen LogP contribution in [0.2, 0.25) is 0 Å². The van der Waals surface area contributed by atoms with Gasteiger partial charge in [0.25, 0.3) is 11.1 Å². The molecule has 1 fully saturated rings. The Morgan fingerprint density at radius 2 is 1.75 bits per heavy atom. The number of imide groups is 1. The summed E-state index contributed by atoms with van der Waals surface area (Å²) in [6.45, 7) is 1.43. The van der Waals surface area contributed by atoms with Crippen LogP contribution in [-0.4, -0.2) is 48.2 Å². The number of hydrogen-bond donors (Lipinski definition) is 0. The second kappa shape index (κ2) is 7.31. The topological polar surface area (TPSA) is 90.0 Å².